The minimum Gasteiger partial charge on any atom is -0.491 e. The smallest absolute Gasteiger partial charge is 0.274 e. The van der Waals surface area contributed by atoms with E-state index < -0.39 is 0 Å². The quantitative estimate of drug-likeness (QED) is 0.292. The van der Waals surface area contributed by atoms with Gasteiger partial charge in [0.05, 0.1) is 32.2 Å². The summed E-state index contributed by atoms with van der Waals surface area (Å²) in [7, 11) is 3.37. The molecule has 0 bridgehead atoms. The van der Waals surface area contributed by atoms with Gasteiger partial charge in [0.2, 0.25) is 5.95 Å². The van der Waals surface area contributed by atoms with Crippen LogP contribution < -0.4 is 20.3 Å². The first-order valence-electron chi connectivity index (χ1n) is 13.6. The van der Waals surface area contributed by atoms with Gasteiger partial charge in [-0.2, -0.15) is 4.98 Å². The molecule has 1 fully saturated rings. The fraction of sp³-hybridized carbons (Fsp3) is 0.414. The Labute approximate surface area is 237 Å². The van der Waals surface area contributed by atoms with Crippen LogP contribution in [0.25, 0.3) is 11.2 Å². The largest absolute Gasteiger partial charge is 0.491 e. The molecule has 12 heteroatoms. The van der Waals surface area contributed by atoms with E-state index in [-0.39, 0.29) is 17.8 Å². The summed E-state index contributed by atoms with van der Waals surface area (Å²) in [6.07, 6.45) is 6.10. The Hall–Kier alpha value is -4.29. The van der Waals surface area contributed by atoms with E-state index in [2.05, 4.69) is 25.2 Å². The topological polar surface area (TPSA) is 126 Å². The van der Waals surface area contributed by atoms with Gasteiger partial charge in [-0.25, -0.2) is 4.98 Å². The number of ketones is 1. The first kappa shape index (κ1) is 28.2. The third-order valence-electron chi connectivity index (χ3n) is 6.92. The highest BCUT2D eigenvalue weighted by atomic mass is 16.5. The first-order valence-corrected chi connectivity index (χ1v) is 13.6. The molecular weight excluding hydrogens is 526 g/mol. The zero-order valence-corrected chi connectivity index (χ0v) is 23.8. The molecule has 0 saturated carbocycles. The molecule has 0 aromatic carbocycles. The van der Waals surface area contributed by atoms with Crippen molar-refractivity contribution < 1.29 is 19.0 Å². The van der Waals surface area contributed by atoms with Crippen molar-refractivity contribution in [1.82, 2.24) is 29.0 Å². The number of aromatic nitrogens is 5. The summed E-state index contributed by atoms with van der Waals surface area (Å²) in [5, 5.41) is 3.21. The van der Waals surface area contributed by atoms with Crippen LogP contribution in [-0.4, -0.2) is 74.7 Å². The lowest BCUT2D eigenvalue weighted by atomic mass is 10.2. The third kappa shape index (κ3) is 6.55. The predicted molar refractivity (Wildman–Crippen MR) is 154 cm³/mol. The summed E-state index contributed by atoms with van der Waals surface area (Å²) in [6.45, 7) is 8.39. The number of rotatable bonds is 11. The standard InChI is InChI=1S/C29H35N7O5/c1-19-14-23(28(38)36(18-19)9-5-8-35-10-12-40-13-11-35)32-29-33-27-25(34(29)3)26(39-4)24(17-31-27)41-22-6-7-30-21(16-22)15-20(2)37/h6-7,14,16-18H,5,8-13,15H2,1-4H3,(H,31,32,33). The summed E-state index contributed by atoms with van der Waals surface area (Å²) in [4.78, 5) is 40.6. The average Bonchev–Trinajstić information content (AvgIpc) is 3.26. The molecule has 1 saturated heterocycles. The highest BCUT2D eigenvalue weighted by molar-refractivity contribution is 5.85. The number of nitrogens with zero attached hydrogens (tertiary/aromatic N) is 6. The van der Waals surface area contributed by atoms with E-state index in [1.54, 1.807) is 34.6 Å². The van der Waals surface area contributed by atoms with Crippen molar-refractivity contribution in [3.05, 3.63) is 58.4 Å². The van der Waals surface area contributed by atoms with Gasteiger partial charge < -0.3 is 28.7 Å². The van der Waals surface area contributed by atoms with Gasteiger partial charge in [-0.3, -0.25) is 19.5 Å². The molecule has 0 amide bonds. The zero-order chi connectivity index (χ0) is 28.9. The number of hydrogen-bond donors (Lipinski definition) is 1. The highest BCUT2D eigenvalue weighted by Crippen LogP contribution is 2.38. The van der Waals surface area contributed by atoms with Gasteiger partial charge in [0, 0.05) is 58.1 Å². The molecule has 12 nitrogen and oxygen atoms in total. The van der Waals surface area contributed by atoms with Crippen molar-refractivity contribution in [3.63, 3.8) is 0 Å². The number of morpholine rings is 1. The maximum Gasteiger partial charge on any atom is 0.274 e. The molecule has 4 aromatic rings. The number of aryl methyl sites for hydroxylation is 3. The number of methoxy groups -OCH3 is 1. The molecule has 5 heterocycles. The van der Waals surface area contributed by atoms with Gasteiger partial charge in [-0.15, -0.1) is 0 Å². The van der Waals surface area contributed by atoms with Crippen molar-refractivity contribution in [2.75, 3.05) is 45.3 Å². The van der Waals surface area contributed by atoms with Crippen LogP contribution in [-0.2, 0) is 29.5 Å². The molecular formula is C29H35N7O5. The fourth-order valence-corrected chi connectivity index (χ4v) is 4.95. The minimum atomic E-state index is -0.118. The molecule has 0 aliphatic carbocycles. The van der Waals surface area contributed by atoms with Crippen molar-refractivity contribution in [2.24, 2.45) is 7.05 Å². The van der Waals surface area contributed by atoms with Crippen LogP contribution >= 0.6 is 0 Å². The average molecular weight is 562 g/mol. The van der Waals surface area contributed by atoms with Crippen molar-refractivity contribution >= 4 is 28.6 Å². The monoisotopic (exact) mass is 561 g/mol. The van der Waals surface area contributed by atoms with Gasteiger partial charge in [-0.1, -0.05) is 0 Å². The molecule has 216 valence electrons. The molecule has 1 aliphatic rings. The van der Waals surface area contributed by atoms with E-state index in [4.69, 9.17) is 14.2 Å². The van der Waals surface area contributed by atoms with Crippen LogP contribution in [0.2, 0.25) is 0 Å². The number of hydrogen-bond acceptors (Lipinski definition) is 10. The normalized spacial score (nSPS) is 13.9. The van der Waals surface area contributed by atoms with E-state index in [9.17, 15) is 9.59 Å². The van der Waals surface area contributed by atoms with Crippen LogP contribution in [0.4, 0.5) is 11.6 Å². The fourth-order valence-electron chi connectivity index (χ4n) is 4.95. The molecule has 4 aromatic heterocycles. The minimum absolute atomic E-state index is 0.0126. The van der Waals surface area contributed by atoms with Crippen LogP contribution in [0.5, 0.6) is 17.2 Å². The van der Waals surface area contributed by atoms with Crippen molar-refractivity contribution in [1.29, 1.82) is 0 Å². The summed E-state index contributed by atoms with van der Waals surface area (Å²) >= 11 is 0. The second-order valence-corrected chi connectivity index (χ2v) is 10.1. The predicted octanol–water partition coefficient (Wildman–Crippen LogP) is 3.23. The molecule has 5 rings (SSSR count). The number of fused-ring (bicyclic) bond motifs is 1. The zero-order valence-electron chi connectivity index (χ0n) is 23.8. The molecule has 1 aliphatic heterocycles. The van der Waals surface area contributed by atoms with E-state index in [1.807, 2.05) is 26.2 Å². The molecule has 0 atom stereocenters. The highest BCUT2D eigenvalue weighted by Gasteiger charge is 2.20. The summed E-state index contributed by atoms with van der Waals surface area (Å²) in [5.41, 5.74) is 2.92. The van der Waals surface area contributed by atoms with E-state index in [0.717, 1.165) is 44.8 Å². The van der Waals surface area contributed by atoms with E-state index >= 15 is 0 Å². The Kier molecular flexibility index (Phi) is 8.60. The van der Waals surface area contributed by atoms with Crippen LogP contribution in [0.15, 0.2) is 41.6 Å². The third-order valence-corrected chi connectivity index (χ3v) is 6.92. The Morgan fingerprint density at radius 1 is 1.17 bits per heavy atom. The van der Waals surface area contributed by atoms with Gasteiger partial charge in [0.25, 0.3) is 5.56 Å². The second-order valence-electron chi connectivity index (χ2n) is 10.1. The summed E-state index contributed by atoms with van der Waals surface area (Å²) in [5.74, 6) is 1.78. The SMILES string of the molecule is COc1c(Oc2ccnc(CC(C)=O)c2)cnc2nc(Nc3cc(C)cn(CCCN4CCOCC4)c3=O)n(C)c12. The van der Waals surface area contributed by atoms with E-state index in [0.29, 0.717) is 52.3 Å². The van der Waals surface area contributed by atoms with Gasteiger partial charge in [-0.05, 0) is 38.0 Å². The number of pyridine rings is 3. The van der Waals surface area contributed by atoms with Gasteiger partial charge in [0.15, 0.2) is 17.1 Å². The molecule has 1 N–H and O–H groups in total. The van der Waals surface area contributed by atoms with Crippen molar-refractivity contribution in [3.8, 4) is 17.2 Å². The van der Waals surface area contributed by atoms with Gasteiger partial charge >= 0.3 is 0 Å². The molecule has 0 unspecified atom stereocenters. The lowest BCUT2D eigenvalue weighted by Crippen LogP contribution is -2.37. The number of carbonyl (C=O) groups is 1. The number of Topliss-reactive ketones (excluding diaryl/α,β-unsaturated/α-hetero) is 1. The summed E-state index contributed by atoms with van der Waals surface area (Å²) in [6, 6.07) is 5.24. The number of nitrogens with one attached hydrogen (secondary N) is 1. The second kappa shape index (κ2) is 12.5. The van der Waals surface area contributed by atoms with Crippen LogP contribution in [0, 0.1) is 6.92 Å². The van der Waals surface area contributed by atoms with Crippen molar-refractivity contribution in [2.45, 2.75) is 33.2 Å². The van der Waals surface area contributed by atoms with Crippen LogP contribution in [0.1, 0.15) is 24.6 Å². The summed E-state index contributed by atoms with van der Waals surface area (Å²) < 4.78 is 20.8. The Balaban J connectivity index is 1.38. The number of imidazole rings is 1. The van der Waals surface area contributed by atoms with Gasteiger partial charge in [0.1, 0.15) is 22.7 Å². The Morgan fingerprint density at radius 2 is 1.98 bits per heavy atom. The number of anilines is 2. The first-order chi connectivity index (χ1) is 19.8. The molecule has 0 radical (unpaired) electrons. The van der Waals surface area contributed by atoms with Crippen LogP contribution in [0.3, 0.4) is 0 Å². The molecule has 0 spiro atoms. The maximum absolute atomic E-state index is 13.4. The number of ether oxygens (including phenoxy) is 3. The maximum atomic E-state index is 13.4. The Morgan fingerprint density at radius 3 is 2.73 bits per heavy atom. The van der Waals surface area contributed by atoms with E-state index in [1.165, 1.54) is 13.1 Å². The lowest BCUT2D eigenvalue weighted by Gasteiger charge is -2.26. The lowest BCUT2D eigenvalue weighted by molar-refractivity contribution is -0.116. The number of carbonyl (C=O) groups excluding carboxylic acids is 1. The molecule has 41 heavy (non-hydrogen) atoms. The Bertz CT molecular complexity index is 1610.